The smallest absolute Gasteiger partial charge is 0.178 e. The summed E-state index contributed by atoms with van der Waals surface area (Å²) in [7, 11) is 0. The quantitative estimate of drug-likeness (QED) is 0.615. The van der Waals surface area contributed by atoms with Gasteiger partial charge in [-0.25, -0.2) is 9.37 Å². The Balaban J connectivity index is 2.37. The number of hydrogen-bond acceptors (Lipinski definition) is 2. The Labute approximate surface area is 106 Å². The molecule has 2 rings (SSSR count). The van der Waals surface area contributed by atoms with E-state index in [1.807, 2.05) is 30.7 Å². The molecule has 0 unspecified atom stereocenters. The van der Waals surface area contributed by atoms with Crippen LogP contribution in [0.4, 0.5) is 4.39 Å². The third kappa shape index (κ3) is 2.53. The number of rotatable bonds is 3. The Bertz CT molecular complexity index is 661. The second-order valence-corrected chi connectivity index (χ2v) is 4.06. The first-order valence-corrected chi connectivity index (χ1v) is 5.47. The number of hydrogen-bond donors (Lipinski definition) is 0. The average molecular weight is 245 g/mol. The van der Waals surface area contributed by atoms with Crippen molar-refractivity contribution < 1.29 is 10.6 Å². The second kappa shape index (κ2) is 4.96. The summed E-state index contributed by atoms with van der Waals surface area (Å²) in [6.07, 6.45) is 3.35. The van der Waals surface area contributed by atoms with Gasteiger partial charge in [-0.05, 0) is 43.2 Å². The van der Waals surface area contributed by atoms with Crippen LogP contribution in [0.5, 0.6) is 0 Å². The lowest BCUT2D eigenvalue weighted by molar-refractivity contribution is -0.106. The Hall–Kier alpha value is -2.23. The number of allylic oxidation sites excluding steroid dienone is 1. The van der Waals surface area contributed by atoms with Gasteiger partial charge in [0.05, 0.1) is 12.0 Å². The van der Waals surface area contributed by atoms with Crippen molar-refractivity contribution in [2.75, 3.05) is 0 Å². The van der Waals surface area contributed by atoms with Gasteiger partial charge in [-0.3, -0.25) is 4.79 Å². The highest BCUT2D eigenvalue weighted by molar-refractivity contribution is 5.78. The van der Waals surface area contributed by atoms with Gasteiger partial charge in [0, 0.05) is 11.9 Å². The second-order valence-electron chi connectivity index (χ2n) is 4.06. The van der Waals surface area contributed by atoms with Gasteiger partial charge in [0.1, 0.15) is 1.37 Å². The van der Waals surface area contributed by atoms with Crippen molar-refractivity contribution in [1.82, 2.24) is 9.55 Å². The van der Waals surface area contributed by atoms with Crippen LogP contribution in [0.25, 0.3) is 11.8 Å². The molecule has 1 aromatic carbocycles. The first-order valence-electron chi connectivity index (χ1n) is 5.97. The Morgan fingerprint density at radius 2 is 2.28 bits per heavy atom. The summed E-state index contributed by atoms with van der Waals surface area (Å²) in [6.45, 7) is 3.79. The topological polar surface area (TPSA) is 34.9 Å². The van der Waals surface area contributed by atoms with Crippen LogP contribution in [0.15, 0.2) is 36.6 Å². The van der Waals surface area contributed by atoms with Crippen molar-refractivity contribution >= 4 is 12.3 Å². The number of nitrogens with zero attached hydrogens (tertiary/aromatic N) is 2. The van der Waals surface area contributed by atoms with Crippen LogP contribution in [-0.2, 0) is 4.79 Å². The molecule has 0 aliphatic carbocycles. The molecule has 0 saturated heterocycles. The summed E-state index contributed by atoms with van der Waals surface area (Å²) in [4.78, 5) is 14.7. The summed E-state index contributed by atoms with van der Waals surface area (Å²) >= 11 is 0. The van der Waals surface area contributed by atoms with E-state index in [1.54, 1.807) is 18.5 Å². The van der Waals surface area contributed by atoms with Crippen LogP contribution in [0.1, 0.15) is 18.2 Å². The van der Waals surface area contributed by atoms with E-state index in [4.69, 9.17) is 1.37 Å². The molecular weight excluding hydrogens is 231 g/mol. The maximum absolute atomic E-state index is 13.1. The third-order valence-corrected chi connectivity index (χ3v) is 2.60. The van der Waals surface area contributed by atoms with Gasteiger partial charge in [-0.2, -0.15) is 0 Å². The van der Waals surface area contributed by atoms with Crippen molar-refractivity contribution in [2.45, 2.75) is 13.8 Å². The molecule has 3 nitrogen and oxygen atoms in total. The van der Waals surface area contributed by atoms with Crippen molar-refractivity contribution in [3.8, 4) is 5.69 Å². The zero-order valence-electron chi connectivity index (χ0n) is 11.1. The van der Waals surface area contributed by atoms with E-state index in [1.165, 1.54) is 0 Å². The van der Waals surface area contributed by atoms with Gasteiger partial charge in [-0.15, -0.1) is 0 Å². The fraction of sp³-hybridized carbons (Fsp3) is 0.143. The van der Waals surface area contributed by atoms with Crippen molar-refractivity contribution in [2.24, 2.45) is 0 Å². The third-order valence-electron chi connectivity index (χ3n) is 2.60. The molecule has 0 N–H and O–H groups in total. The fourth-order valence-electron chi connectivity index (χ4n) is 1.79. The van der Waals surface area contributed by atoms with Gasteiger partial charge in [0.2, 0.25) is 0 Å². The minimum Gasteiger partial charge on any atom is -0.306 e. The molecule has 0 aliphatic heterocycles. The SMILES string of the molecule is [2H]C(=O)/C(F)=C\c1ccc(-n2cnc(C)c2)c(C)c1. The van der Waals surface area contributed by atoms with Crippen LogP contribution in [0.2, 0.25) is 0 Å². The van der Waals surface area contributed by atoms with Crippen LogP contribution in [0, 0.1) is 13.8 Å². The van der Waals surface area contributed by atoms with E-state index < -0.39 is 12.1 Å². The normalized spacial score (nSPS) is 12.4. The monoisotopic (exact) mass is 245 g/mol. The van der Waals surface area contributed by atoms with Crippen molar-refractivity contribution in [1.29, 1.82) is 0 Å². The van der Waals surface area contributed by atoms with Gasteiger partial charge >= 0.3 is 0 Å². The minimum atomic E-state index is -1.31. The molecule has 92 valence electrons. The molecule has 0 saturated carbocycles. The average Bonchev–Trinajstić information content (AvgIpc) is 2.75. The van der Waals surface area contributed by atoms with Crippen molar-refractivity contribution in [3.63, 3.8) is 0 Å². The number of benzene rings is 1. The maximum Gasteiger partial charge on any atom is 0.178 e. The van der Waals surface area contributed by atoms with Gasteiger partial charge in [-0.1, -0.05) is 6.07 Å². The largest absolute Gasteiger partial charge is 0.306 e. The predicted molar refractivity (Wildman–Crippen MR) is 68.2 cm³/mol. The number of aldehydes is 1. The molecule has 1 heterocycles. The first kappa shape index (κ1) is 10.9. The standard InChI is InChI=1S/C14H13FN2O/c1-10-5-12(6-13(15)8-18)3-4-14(10)17-7-11(2)16-9-17/h3-9H,1-2H3/b13-6+/i8D. The number of halogens is 1. The number of imidazole rings is 1. The summed E-state index contributed by atoms with van der Waals surface area (Å²) in [5.41, 5.74) is 3.33. The molecule has 0 radical (unpaired) electrons. The lowest BCUT2D eigenvalue weighted by Crippen LogP contribution is -1.94. The molecule has 0 fully saturated rings. The maximum atomic E-state index is 13.1. The number of aryl methyl sites for hydroxylation is 2. The molecule has 1 aromatic heterocycles. The highest BCUT2D eigenvalue weighted by Gasteiger charge is 2.03. The highest BCUT2D eigenvalue weighted by atomic mass is 19.1. The van der Waals surface area contributed by atoms with Crippen LogP contribution >= 0.6 is 0 Å². The number of carbonyl (C=O) groups is 1. The van der Waals surface area contributed by atoms with E-state index in [0.29, 0.717) is 5.56 Å². The Morgan fingerprint density at radius 3 is 2.83 bits per heavy atom. The van der Waals surface area contributed by atoms with Gasteiger partial charge < -0.3 is 4.57 Å². The summed E-state index contributed by atoms with van der Waals surface area (Å²) in [5, 5.41) is 0. The molecule has 0 aliphatic rings. The minimum absolute atomic E-state index is 0.552. The van der Waals surface area contributed by atoms with E-state index >= 15 is 0 Å². The zero-order chi connectivity index (χ0) is 14.0. The molecule has 18 heavy (non-hydrogen) atoms. The molecular formula is C14H13FN2O. The zero-order valence-corrected chi connectivity index (χ0v) is 10.1. The molecule has 0 amide bonds. The van der Waals surface area contributed by atoms with Crippen LogP contribution in [-0.4, -0.2) is 15.8 Å². The fourth-order valence-corrected chi connectivity index (χ4v) is 1.79. The molecule has 2 aromatic rings. The molecule has 0 spiro atoms. The van der Waals surface area contributed by atoms with E-state index in [9.17, 15) is 9.18 Å². The highest BCUT2D eigenvalue weighted by Crippen LogP contribution is 2.18. The molecule has 4 heteroatoms. The Kier molecular flexibility index (Phi) is 3.00. The molecule has 0 atom stereocenters. The number of carbonyl (C=O) groups excluding carboxylic acids is 1. The molecule has 0 bridgehead atoms. The summed E-state index contributed by atoms with van der Waals surface area (Å²) < 4.78 is 21.6. The van der Waals surface area contributed by atoms with E-state index in [0.717, 1.165) is 23.0 Å². The van der Waals surface area contributed by atoms with Crippen molar-refractivity contribution in [3.05, 3.63) is 53.4 Å². The Morgan fingerprint density at radius 1 is 1.50 bits per heavy atom. The van der Waals surface area contributed by atoms with Crippen LogP contribution < -0.4 is 0 Å². The first-order chi connectivity index (χ1) is 8.97. The van der Waals surface area contributed by atoms with Gasteiger partial charge in [0.15, 0.2) is 12.1 Å². The van der Waals surface area contributed by atoms with Gasteiger partial charge in [0.25, 0.3) is 0 Å². The summed E-state index contributed by atoms with van der Waals surface area (Å²) in [5.74, 6) is -1.06. The van der Waals surface area contributed by atoms with E-state index in [2.05, 4.69) is 4.98 Å². The van der Waals surface area contributed by atoms with E-state index in [-0.39, 0.29) is 0 Å². The lowest BCUT2D eigenvalue weighted by Gasteiger charge is -2.07. The summed E-state index contributed by atoms with van der Waals surface area (Å²) in [6, 6.07) is 5.28. The lowest BCUT2D eigenvalue weighted by atomic mass is 10.1. The number of aromatic nitrogens is 2. The predicted octanol–water partition coefficient (Wildman–Crippen LogP) is 3.00. The van der Waals surface area contributed by atoms with Crippen LogP contribution in [0.3, 0.4) is 0 Å².